The van der Waals surface area contributed by atoms with Crippen molar-refractivity contribution in [3.8, 4) is 0 Å². The van der Waals surface area contributed by atoms with E-state index in [2.05, 4.69) is 83.3 Å². The van der Waals surface area contributed by atoms with Crippen molar-refractivity contribution in [1.82, 2.24) is 37.2 Å². The normalized spacial score (nSPS) is 42.5. The molecule has 0 aliphatic carbocycles. The average molecular weight is 2240 g/mol. The van der Waals surface area contributed by atoms with Crippen LogP contribution in [0.2, 0.25) is 0 Å². The predicted octanol–water partition coefficient (Wildman–Crippen LogP) is -1.70. The summed E-state index contributed by atoms with van der Waals surface area (Å²) in [7, 11) is -24.9. The Morgan fingerprint density at radius 2 is 0.757 bits per heavy atom. The van der Waals surface area contributed by atoms with Crippen molar-refractivity contribution >= 4 is 112 Å². The molecular weight excluding hydrogens is 2100 g/mol. The maximum absolute atomic E-state index is 12.2. The van der Waals surface area contributed by atoms with Crippen LogP contribution in [0.5, 0.6) is 0 Å². The lowest BCUT2D eigenvalue weighted by atomic mass is 9.67. The second-order valence-corrected chi connectivity index (χ2v) is 54.5. The molecule has 0 spiro atoms. The summed E-state index contributed by atoms with van der Waals surface area (Å²) in [6.07, 6.45) is -6.54. The summed E-state index contributed by atoms with van der Waals surface area (Å²) >= 11 is 0. The molecule has 0 saturated carbocycles. The van der Waals surface area contributed by atoms with Gasteiger partial charge in [-0.3, -0.25) is 62.8 Å². The topological polar surface area (TPSA) is 637 Å². The lowest BCUT2D eigenvalue weighted by Crippen LogP contribution is -2.64. The Kier molecular flexibility index (Phi) is 32.8. The summed E-state index contributed by atoms with van der Waals surface area (Å²) in [4.78, 5) is 79.5. The minimum atomic E-state index is -3.64. The Morgan fingerprint density at radius 1 is 0.324 bits per heavy atom. The number of amides is 7. The molecule has 148 heavy (non-hydrogen) atoms. The molecule has 21 rings (SSSR count). The van der Waals surface area contributed by atoms with E-state index in [4.69, 9.17) is 95.6 Å². The second kappa shape index (κ2) is 42.1. The van der Waals surface area contributed by atoms with Crippen molar-refractivity contribution in [3.05, 3.63) is 85.1 Å². The van der Waals surface area contributed by atoms with Crippen molar-refractivity contribution in [1.29, 1.82) is 0 Å². The van der Waals surface area contributed by atoms with Gasteiger partial charge in [-0.2, -0.15) is 58.9 Å². The number of nitrogens with one attached hydrogen (secondary N) is 7. The van der Waals surface area contributed by atoms with Gasteiger partial charge in [0.1, 0.15) is 162 Å². The molecule has 14 bridgehead atoms. The summed E-state index contributed by atoms with van der Waals surface area (Å²) in [5.41, 5.74) is -2.90. The summed E-state index contributed by atoms with van der Waals surface area (Å²) in [5.74, 6) is -1.74. The first-order valence-electron chi connectivity index (χ1n) is 48.8. The molecule has 21 heterocycles. The third kappa shape index (κ3) is 21.2. The van der Waals surface area contributed by atoms with Gasteiger partial charge >= 0.3 is 0 Å². The highest BCUT2D eigenvalue weighted by Crippen LogP contribution is 2.65. The van der Waals surface area contributed by atoms with Crippen LogP contribution in [0.15, 0.2) is 85.1 Å². The van der Waals surface area contributed by atoms with Crippen molar-refractivity contribution in [3.63, 3.8) is 0 Å². The fraction of sp³-hybridized carbons (Fsp3) is 0.772. The van der Waals surface area contributed by atoms with Crippen LogP contribution in [-0.2, 0) is 200 Å². The first kappa shape index (κ1) is 115. The minimum absolute atomic E-state index is 0.145. The van der Waals surface area contributed by atoms with Crippen LogP contribution in [0, 0.1) is 5.92 Å². The predicted molar refractivity (Wildman–Crippen MR) is 516 cm³/mol. The third-order valence-corrected chi connectivity index (χ3v) is 43.5. The fourth-order valence-electron chi connectivity index (χ4n) is 23.5. The Labute approximate surface area is 861 Å². The molecule has 21 aliphatic rings. The first-order valence-corrected chi connectivity index (χ1v) is 59.1. The van der Waals surface area contributed by atoms with Crippen molar-refractivity contribution in [2.24, 2.45) is 5.92 Å². The van der Waals surface area contributed by atoms with E-state index in [0.29, 0.717) is 123 Å². The molecule has 49 nitrogen and oxygen atoms in total. The Bertz CT molecular complexity index is 6080. The van der Waals surface area contributed by atoms with E-state index in [1.54, 1.807) is 76.2 Å². The van der Waals surface area contributed by atoms with Crippen LogP contribution in [0.3, 0.4) is 0 Å². The van der Waals surface area contributed by atoms with Gasteiger partial charge in [0.15, 0.2) is 0 Å². The molecule has 21 saturated heterocycles. The molecule has 7 N–H and O–H groups in total. The van der Waals surface area contributed by atoms with Gasteiger partial charge in [-0.1, -0.05) is 53.0 Å². The van der Waals surface area contributed by atoms with Gasteiger partial charge in [0.2, 0.25) is 41.4 Å². The van der Waals surface area contributed by atoms with E-state index in [-0.39, 0.29) is 130 Å². The summed E-state index contributed by atoms with van der Waals surface area (Å²) in [6.45, 7) is 54.6. The number of fused-ring (bicyclic) bond motifs is 7. The molecule has 21 fully saturated rings. The monoisotopic (exact) mass is 2230 g/mol. The Hall–Kier alpha value is -6.72. The zero-order valence-corrected chi connectivity index (χ0v) is 90.6. The van der Waals surface area contributed by atoms with Gasteiger partial charge < -0.3 is 104 Å². The van der Waals surface area contributed by atoms with Gasteiger partial charge in [-0.05, 0) is 123 Å². The molecular formula is C92H135N7O42S7. The van der Waals surface area contributed by atoms with Gasteiger partial charge in [-0.25, -0.2) is 0 Å². The van der Waals surface area contributed by atoms with Crippen LogP contribution in [0.25, 0.3) is 0 Å². The summed E-state index contributed by atoms with van der Waals surface area (Å²) in [6, 6.07) is 0. The second-order valence-electron chi connectivity index (χ2n) is 42.1. The molecule has 36 atom stereocenters. The number of rotatable bonds is 35. The van der Waals surface area contributed by atoms with Crippen molar-refractivity contribution < 1.29 is 188 Å². The highest BCUT2D eigenvalue weighted by atomic mass is 32.2. The molecule has 0 aromatic carbocycles. The highest BCUT2D eigenvalue weighted by molar-refractivity contribution is 7.89. The smallest absolute Gasteiger partial charge is 0.273 e. The van der Waals surface area contributed by atoms with E-state index in [1.165, 1.54) is 0 Å². The number of carbonyl (C=O) groups excluding carboxylic acids is 7. The van der Waals surface area contributed by atoms with E-state index in [0.717, 1.165) is 0 Å². The molecule has 56 heteroatoms. The standard InChI is InChI=1S/C15H23NO6S.5C13H19NO6S.C12H17NO6S/c1-9(2)12(17)16-6-7-20-15(5)13(3)8-10-11(21-13)14(15,4)22-23(10,18)19;1-7(2)12(15)14-4-5-18-11-10-9-8(21(16,17)20-10)6-13(11,3)19-9;1-7(2)12(15)14-4-5-18-13(3)9-6-8-10(19-9)11(13)20-21(8,16)17;1-7(2)12(15)14-4-5-18-10-8-6-9-13(3,19-8)11(10)20-21(9,16)17;1-7(2)12(15)14-4-5-18-10-8-6-9-11(19-8)13(10,3)20-21(9,16)17;1-6(2)13(15)14-4-5-18-9-8-7(3)12-11(19-8)10(9)20-21(12,16)17;1-6(2)12(14)13-3-4-17-9-7-5-8-10(18-7)11(9)19-20(8,15)16/h10-11H,1,6-8H2,2-5H3,(H,16,17);4*8-11H,1,4-6H2,2-3H3,(H,14,15);7-12H,1,4-5H2,2-3H3,(H,14,15);7-11H,1,3-5H2,2H3,(H,13,14). The fourth-order valence-corrected chi connectivity index (χ4v) is 36.3. The maximum Gasteiger partial charge on any atom is 0.273 e. The quantitative estimate of drug-likeness (QED) is 0.0211. The van der Waals surface area contributed by atoms with Crippen molar-refractivity contribution in [2.75, 3.05) is 92.1 Å². The van der Waals surface area contributed by atoms with E-state index in [9.17, 15) is 92.5 Å². The number of ether oxygens (including phenoxy) is 14. The average Bonchev–Trinajstić information content (AvgIpc) is 1.48. The molecule has 36 unspecified atom stereocenters. The molecule has 832 valence electrons. The summed E-state index contributed by atoms with van der Waals surface area (Å²) < 4.78 is 284. The molecule has 0 aromatic heterocycles. The van der Waals surface area contributed by atoms with Crippen LogP contribution in [0.1, 0.15) is 142 Å². The molecule has 7 amide bonds. The summed E-state index contributed by atoms with van der Waals surface area (Å²) in [5, 5.41) is 14.6. The van der Waals surface area contributed by atoms with E-state index >= 15 is 0 Å². The SMILES string of the molecule is C=C(C)C(=O)NCCOC1(C)C2(C)CC3C(O2)C1(C)OS3(=O)=O.C=C(C)C(=O)NCCOC1(C)C2CC3C(O2)C1OS3(=O)=O.C=C(C)C(=O)NCCOC1C2CC3C(C)(O2)C1OS3(=O)=O.C=C(C)C(=O)NCCOC1C2CC3C(O2)C1(C)OS3(=O)=O.C=C(C)C(=O)NCCOC1C2CC3C(O2)C1OS3(=O)=O.C=C(C)C(=O)NCCOC1C2OC3C1OS(=O)(=O)C3C2C.C=C(C)C(=O)NCCOC1C2OS(=O)(=O)C3CC1(C)OC23. The largest absolute Gasteiger partial charge is 0.371 e. The Balaban J connectivity index is 0.000000129. The number of hydrogen-bond donors (Lipinski definition) is 7. The van der Waals surface area contributed by atoms with Gasteiger partial charge in [0, 0.05) is 104 Å². The van der Waals surface area contributed by atoms with Gasteiger partial charge in [0.25, 0.3) is 70.8 Å². The zero-order chi connectivity index (χ0) is 109. The Morgan fingerprint density at radius 3 is 1.28 bits per heavy atom. The lowest BCUT2D eigenvalue weighted by Gasteiger charge is -2.45. The number of carbonyl (C=O) groups is 7. The maximum atomic E-state index is 12.2. The minimum Gasteiger partial charge on any atom is -0.371 e. The van der Waals surface area contributed by atoms with E-state index < -0.39 is 238 Å². The van der Waals surface area contributed by atoms with Gasteiger partial charge in [-0.15, -0.1) is 0 Å². The van der Waals surface area contributed by atoms with Crippen LogP contribution in [-0.4, -0.2) is 396 Å². The third-order valence-electron chi connectivity index (χ3n) is 31.3. The molecule has 0 aromatic rings. The first-order chi connectivity index (χ1) is 68.7. The zero-order valence-electron chi connectivity index (χ0n) is 84.8. The highest BCUT2D eigenvalue weighted by Gasteiger charge is 2.83. The molecule has 21 aliphatic heterocycles. The van der Waals surface area contributed by atoms with Crippen LogP contribution in [0.4, 0.5) is 0 Å². The lowest BCUT2D eigenvalue weighted by molar-refractivity contribution is -0.174. The van der Waals surface area contributed by atoms with Crippen LogP contribution >= 0.6 is 0 Å². The van der Waals surface area contributed by atoms with Crippen LogP contribution < -0.4 is 37.2 Å². The van der Waals surface area contributed by atoms with Gasteiger partial charge in [0.05, 0.1) is 88.0 Å². The molecule has 0 radical (unpaired) electrons. The number of hydrogen-bond acceptors (Lipinski definition) is 42. The van der Waals surface area contributed by atoms with Crippen molar-refractivity contribution in [2.45, 2.75) is 347 Å². The van der Waals surface area contributed by atoms with E-state index in [1.807, 2.05) is 27.7 Å².